The van der Waals surface area contributed by atoms with E-state index in [1.54, 1.807) is 0 Å². The van der Waals surface area contributed by atoms with E-state index < -0.39 is 0 Å². The van der Waals surface area contributed by atoms with Crippen LogP contribution in [0.1, 0.15) is 26.3 Å². The van der Waals surface area contributed by atoms with Gasteiger partial charge >= 0.3 is 0 Å². The summed E-state index contributed by atoms with van der Waals surface area (Å²) in [5, 5.41) is 11.4. The van der Waals surface area contributed by atoms with E-state index in [9.17, 15) is 0 Å². The van der Waals surface area contributed by atoms with Gasteiger partial charge in [0.2, 0.25) is 0 Å². The van der Waals surface area contributed by atoms with E-state index in [4.69, 9.17) is 9.40 Å². The lowest BCUT2D eigenvalue weighted by atomic mass is 9.88. The molecular formula is C70H48N6O. The van der Waals surface area contributed by atoms with Crippen LogP contribution in [0.15, 0.2) is 241 Å². The first-order valence-electron chi connectivity index (χ1n) is 26.4. The van der Waals surface area contributed by atoms with Crippen LogP contribution in [0.25, 0.3) is 137 Å². The number of aromatic nitrogens is 6. The molecule has 16 rings (SSSR count). The van der Waals surface area contributed by atoms with E-state index in [1.807, 2.05) is 6.20 Å². The highest BCUT2D eigenvalue weighted by Crippen LogP contribution is 2.40. The fourth-order valence-corrected chi connectivity index (χ4v) is 12.4. The van der Waals surface area contributed by atoms with Crippen molar-refractivity contribution in [2.45, 2.75) is 26.2 Å². The van der Waals surface area contributed by atoms with Crippen molar-refractivity contribution in [3.63, 3.8) is 0 Å². The molecule has 0 fully saturated rings. The van der Waals surface area contributed by atoms with Gasteiger partial charge in [0.15, 0.2) is 5.58 Å². The Balaban J connectivity index is 1.17. The minimum atomic E-state index is -0.0790. The number of imidazole rings is 1. The Kier molecular flexibility index (Phi) is 9.17. The molecular weight excluding hydrogens is 941 g/mol. The molecule has 10 aromatic carbocycles. The van der Waals surface area contributed by atoms with Crippen molar-refractivity contribution in [3.05, 3.63) is 249 Å². The van der Waals surface area contributed by atoms with Crippen molar-refractivity contribution in [1.29, 1.82) is 0 Å². The second-order valence-corrected chi connectivity index (χ2v) is 21.4. The third kappa shape index (κ3) is 6.50. The number of benzene rings is 10. The van der Waals surface area contributed by atoms with Crippen LogP contribution in [-0.2, 0) is 5.41 Å². The quantitative estimate of drug-likeness (QED) is 0.122. The Hall–Kier alpha value is -9.98. The van der Waals surface area contributed by atoms with Crippen molar-refractivity contribution >= 4 is 131 Å². The van der Waals surface area contributed by atoms with Crippen LogP contribution < -0.4 is 4.40 Å². The topological polar surface area (TPSA) is 48.3 Å². The zero-order valence-electron chi connectivity index (χ0n) is 42.6. The number of hydrogen-bond acceptors (Lipinski definition) is 2. The smallest absolute Gasteiger partial charge is 0.269 e. The van der Waals surface area contributed by atoms with Gasteiger partial charge in [-0.15, -0.1) is 0 Å². The number of pyridine rings is 1. The van der Waals surface area contributed by atoms with E-state index in [0.717, 1.165) is 115 Å². The van der Waals surface area contributed by atoms with E-state index in [0.29, 0.717) is 11.2 Å². The Morgan fingerprint density at radius 1 is 0.416 bits per heavy atom. The molecule has 0 aliphatic carbocycles. The average molecular weight is 989 g/mol. The number of hydrogen-bond donors (Lipinski definition) is 0. The molecule has 0 atom stereocenters. The van der Waals surface area contributed by atoms with Crippen LogP contribution in [0.3, 0.4) is 0 Å². The van der Waals surface area contributed by atoms with Crippen molar-refractivity contribution in [2.75, 3.05) is 0 Å². The highest BCUT2D eigenvalue weighted by Gasteiger charge is 2.21. The molecule has 0 aliphatic rings. The molecule has 0 aliphatic heterocycles. The summed E-state index contributed by atoms with van der Waals surface area (Å²) >= 11 is 0. The maximum absolute atomic E-state index is 7.50. The van der Waals surface area contributed by atoms with Crippen LogP contribution in [-0.4, -0.2) is 22.8 Å². The lowest BCUT2D eigenvalue weighted by Gasteiger charge is -2.20. The summed E-state index contributed by atoms with van der Waals surface area (Å²) in [6.45, 7) is 6.76. The molecule has 16 aromatic rings. The third-order valence-electron chi connectivity index (χ3n) is 15.9. The van der Waals surface area contributed by atoms with Gasteiger partial charge in [-0.05, 0) is 106 Å². The minimum absolute atomic E-state index is 0.0790. The monoisotopic (exact) mass is 988 g/mol. The minimum Gasteiger partial charge on any atom is -0.456 e. The summed E-state index contributed by atoms with van der Waals surface area (Å²) in [4.78, 5) is 5.07. The van der Waals surface area contributed by atoms with Gasteiger partial charge in [0.05, 0.1) is 60.7 Å². The molecule has 0 radical (unpaired) electrons. The average Bonchev–Trinajstić information content (AvgIpc) is 4.43. The first-order chi connectivity index (χ1) is 37.8. The highest BCUT2D eigenvalue weighted by molar-refractivity contribution is 6.21. The zero-order valence-corrected chi connectivity index (χ0v) is 42.6. The molecule has 0 saturated heterocycles. The number of para-hydroxylation sites is 7. The van der Waals surface area contributed by atoms with Crippen LogP contribution in [0.2, 0.25) is 0 Å². The SMILES string of the molecule is CC(C)(C)c1ccnc(-n2c3ccccc3c3cc4c(cc32)oc2cccc(c2)n2[c-][n+](c3ccccc3c3cccc(c3)n3c5ccccc5c5ccc(cc53)c3cccc5c6ccccc6n4c35)c3ccccc32)c1. The summed E-state index contributed by atoms with van der Waals surface area (Å²) in [5.74, 6) is 0.858. The highest BCUT2D eigenvalue weighted by atomic mass is 16.3. The molecule has 77 heavy (non-hydrogen) atoms. The van der Waals surface area contributed by atoms with Crippen molar-refractivity contribution in [3.8, 4) is 5.82 Å². The molecule has 7 heteroatoms. The maximum Gasteiger partial charge on any atom is 0.269 e. The van der Waals surface area contributed by atoms with Crippen molar-refractivity contribution in [1.82, 2.24) is 22.8 Å². The second-order valence-electron chi connectivity index (χ2n) is 21.4. The van der Waals surface area contributed by atoms with Gasteiger partial charge in [-0.3, -0.25) is 13.4 Å². The van der Waals surface area contributed by atoms with Gasteiger partial charge in [-0.2, -0.15) is 0 Å². The van der Waals surface area contributed by atoms with Gasteiger partial charge in [-0.25, -0.2) is 4.98 Å². The largest absolute Gasteiger partial charge is 0.456 e. The van der Waals surface area contributed by atoms with E-state index in [1.165, 1.54) is 16.3 Å². The summed E-state index contributed by atoms with van der Waals surface area (Å²) in [6.07, 6.45) is 5.77. The summed E-state index contributed by atoms with van der Waals surface area (Å²) in [5.41, 5.74) is 15.1. The van der Waals surface area contributed by atoms with Gasteiger partial charge in [0, 0.05) is 55.5 Å². The fraction of sp³-hybridized carbons (Fsp3) is 0.0571. The lowest BCUT2D eigenvalue weighted by molar-refractivity contribution is -0.485. The predicted molar refractivity (Wildman–Crippen MR) is 319 cm³/mol. The molecule has 364 valence electrons. The first-order valence-corrected chi connectivity index (χ1v) is 26.4. The number of fused-ring (bicyclic) bond motifs is 27. The van der Waals surface area contributed by atoms with Crippen LogP contribution >= 0.6 is 0 Å². The molecule has 0 saturated carbocycles. The Morgan fingerprint density at radius 2 is 1.04 bits per heavy atom. The third-order valence-corrected chi connectivity index (χ3v) is 15.9. The van der Waals surface area contributed by atoms with Gasteiger partial charge in [-0.1, -0.05) is 166 Å². The Labute approximate surface area is 441 Å². The predicted octanol–water partition coefficient (Wildman–Crippen LogP) is 17.4. The Morgan fingerprint density at radius 3 is 1.86 bits per heavy atom. The van der Waals surface area contributed by atoms with Crippen LogP contribution in [0, 0.1) is 6.33 Å². The van der Waals surface area contributed by atoms with E-state index >= 15 is 0 Å². The number of nitrogens with zero attached hydrogens (tertiary/aromatic N) is 6. The molecule has 6 heterocycles. The lowest BCUT2D eigenvalue weighted by Crippen LogP contribution is -2.18. The standard InChI is InChI=1S/C70H48N6O/c1-70(2,3)46-35-36-71-68(39-46)75-60-29-10-7-24-54(60)57-41-66-67(42-65(57)75)77-49-20-15-18-47(40-49)72-43-73(63-32-13-12-31-62(63)72)58-27-8-4-21-50(58)44-17-14-19-48(37-44)74-59-28-9-5-22-52(59)55-34-33-45(38-64(55)74)51-25-16-26-56-53-23-6-11-30-61(53)76(66)69(51)56/h4-42H,1-3H3. The summed E-state index contributed by atoms with van der Waals surface area (Å²) in [7, 11) is 0. The normalized spacial score (nSPS) is 12.4. The van der Waals surface area contributed by atoms with Gasteiger partial charge in [0.25, 0.3) is 6.33 Å². The summed E-state index contributed by atoms with van der Waals surface area (Å²) < 4.78 is 19.1. The molecule has 0 spiro atoms. The van der Waals surface area contributed by atoms with E-state index in [2.05, 4.69) is 280 Å². The molecule has 0 unspecified atom stereocenters. The maximum atomic E-state index is 7.50. The molecule has 0 amide bonds. The molecule has 6 aromatic heterocycles. The fourth-order valence-electron chi connectivity index (χ4n) is 12.4. The van der Waals surface area contributed by atoms with Gasteiger partial charge < -0.3 is 13.2 Å². The van der Waals surface area contributed by atoms with E-state index in [-0.39, 0.29) is 5.41 Å². The zero-order chi connectivity index (χ0) is 51.1. The van der Waals surface area contributed by atoms with Gasteiger partial charge in [0.1, 0.15) is 11.4 Å². The van der Waals surface area contributed by atoms with Crippen molar-refractivity contribution < 1.29 is 8.82 Å². The molecule has 8 bridgehead atoms. The number of rotatable bonds is 1. The summed E-state index contributed by atoms with van der Waals surface area (Å²) in [6, 6.07) is 83.6. The first kappa shape index (κ1) is 43.4. The van der Waals surface area contributed by atoms with Crippen LogP contribution in [0.5, 0.6) is 0 Å². The second kappa shape index (κ2) is 16.3. The molecule has 7 nitrogen and oxygen atoms in total. The Bertz CT molecular complexity index is 5410. The van der Waals surface area contributed by atoms with Crippen LogP contribution in [0.4, 0.5) is 0 Å². The van der Waals surface area contributed by atoms with Crippen molar-refractivity contribution in [2.24, 2.45) is 0 Å². The molecule has 0 N–H and O–H groups in total.